The van der Waals surface area contributed by atoms with Gasteiger partial charge in [-0.25, -0.2) is 0 Å². The molecule has 8 nitrogen and oxygen atoms in total. The molecule has 4 rings (SSSR count). The monoisotopic (exact) mass is 435 g/mol. The number of benzene rings is 1. The van der Waals surface area contributed by atoms with Crippen molar-refractivity contribution in [3.05, 3.63) is 60.6 Å². The van der Waals surface area contributed by atoms with Gasteiger partial charge in [0.25, 0.3) is 0 Å². The third-order valence-corrected chi connectivity index (χ3v) is 6.17. The Balaban J connectivity index is 1.35. The van der Waals surface area contributed by atoms with Crippen LogP contribution in [0.15, 0.2) is 55.0 Å². The van der Waals surface area contributed by atoms with Crippen LogP contribution in [-0.4, -0.2) is 69.3 Å². The van der Waals surface area contributed by atoms with Gasteiger partial charge < -0.3 is 25.7 Å². The number of pyridine rings is 2. The van der Waals surface area contributed by atoms with Gasteiger partial charge in [0.1, 0.15) is 5.75 Å². The molecule has 1 aromatic carbocycles. The number of rotatable bonds is 6. The van der Waals surface area contributed by atoms with Gasteiger partial charge in [-0.2, -0.15) is 0 Å². The van der Waals surface area contributed by atoms with E-state index in [1.165, 1.54) is 4.90 Å². The lowest BCUT2D eigenvalue weighted by Crippen LogP contribution is -2.54. The molecule has 0 spiro atoms. The number of piperidine rings is 1. The number of amides is 1. The summed E-state index contributed by atoms with van der Waals surface area (Å²) in [4.78, 5) is 25.2. The van der Waals surface area contributed by atoms with Gasteiger partial charge in [0, 0.05) is 56.3 Å². The Morgan fingerprint density at radius 3 is 2.62 bits per heavy atom. The molecule has 1 atom stereocenters. The number of aliphatic hydroxyl groups is 1. The molecular weight excluding hydrogens is 406 g/mol. The molecular formula is C24H29N5O3. The van der Waals surface area contributed by atoms with Crippen LogP contribution in [0.3, 0.4) is 0 Å². The molecule has 0 radical (unpaired) electrons. The highest BCUT2D eigenvalue weighted by molar-refractivity contribution is 5.90. The summed E-state index contributed by atoms with van der Waals surface area (Å²) in [5.41, 5.74) is 8.01. The van der Waals surface area contributed by atoms with Gasteiger partial charge in [-0.3, -0.25) is 14.8 Å². The molecule has 1 aliphatic rings. The highest BCUT2D eigenvalue weighted by Crippen LogP contribution is 2.31. The lowest BCUT2D eigenvalue weighted by Gasteiger charge is -2.41. The maximum atomic E-state index is 12.8. The number of nitrogens with zero attached hydrogens (tertiary/aromatic N) is 4. The van der Waals surface area contributed by atoms with Gasteiger partial charge in [-0.15, -0.1) is 0 Å². The first kappa shape index (κ1) is 22.0. The Kier molecular flexibility index (Phi) is 6.25. The first-order valence-electron chi connectivity index (χ1n) is 10.8. The van der Waals surface area contributed by atoms with Crippen molar-refractivity contribution in [2.24, 2.45) is 5.73 Å². The van der Waals surface area contributed by atoms with E-state index in [0.717, 1.165) is 22.2 Å². The SMILES string of the molecule is CN(CC1(O)CCN(c2ccnc3ccncc23)CC1)C(=O)[C@@H](N)Cc1ccc(O)cc1. The van der Waals surface area contributed by atoms with E-state index in [2.05, 4.69) is 14.9 Å². The number of anilines is 1. The number of nitrogens with two attached hydrogens (primary N) is 1. The first-order chi connectivity index (χ1) is 15.3. The summed E-state index contributed by atoms with van der Waals surface area (Å²) in [7, 11) is 1.69. The summed E-state index contributed by atoms with van der Waals surface area (Å²) in [5.74, 6) is -0.0320. The molecule has 8 heteroatoms. The van der Waals surface area contributed by atoms with Gasteiger partial charge in [-0.05, 0) is 49.1 Å². The molecule has 168 valence electrons. The molecule has 3 aromatic rings. The van der Waals surface area contributed by atoms with Crippen LogP contribution in [0, 0.1) is 0 Å². The standard InChI is InChI=1S/C24H29N5O3/c1-28(23(31)20(25)14-17-2-4-18(30)5-3-17)16-24(32)8-12-29(13-9-24)22-7-11-27-21-6-10-26-15-19(21)22/h2-7,10-11,15,20,30,32H,8-9,12-14,16,25H2,1H3/t20-/m0/s1. The molecule has 1 fully saturated rings. The smallest absolute Gasteiger partial charge is 0.239 e. The van der Waals surface area contributed by atoms with Crippen molar-refractivity contribution in [2.45, 2.75) is 30.9 Å². The van der Waals surface area contributed by atoms with Gasteiger partial charge in [-0.1, -0.05) is 12.1 Å². The topological polar surface area (TPSA) is 116 Å². The molecule has 3 heterocycles. The molecule has 0 bridgehead atoms. The fourth-order valence-corrected chi connectivity index (χ4v) is 4.35. The van der Waals surface area contributed by atoms with Crippen LogP contribution in [0.1, 0.15) is 18.4 Å². The van der Waals surface area contributed by atoms with E-state index in [0.29, 0.717) is 32.4 Å². The Morgan fingerprint density at radius 1 is 1.19 bits per heavy atom. The molecule has 4 N–H and O–H groups in total. The average Bonchev–Trinajstić information content (AvgIpc) is 2.80. The minimum Gasteiger partial charge on any atom is -0.508 e. The van der Waals surface area contributed by atoms with Crippen LogP contribution in [-0.2, 0) is 11.2 Å². The zero-order valence-electron chi connectivity index (χ0n) is 18.2. The number of phenols is 1. The van der Waals surface area contributed by atoms with Crippen molar-refractivity contribution < 1.29 is 15.0 Å². The number of hydrogen-bond acceptors (Lipinski definition) is 7. The van der Waals surface area contributed by atoms with Gasteiger partial charge in [0.05, 0.1) is 17.2 Å². The highest BCUT2D eigenvalue weighted by Gasteiger charge is 2.35. The van der Waals surface area contributed by atoms with Crippen molar-refractivity contribution >= 4 is 22.5 Å². The number of phenolic OH excluding ortho intramolecular Hbond substituents is 1. The third kappa shape index (κ3) is 4.81. The van der Waals surface area contributed by atoms with E-state index in [1.54, 1.807) is 43.7 Å². The fourth-order valence-electron chi connectivity index (χ4n) is 4.35. The fraction of sp³-hybridized carbons (Fsp3) is 0.375. The van der Waals surface area contributed by atoms with E-state index in [9.17, 15) is 15.0 Å². The summed E-state index contributed by atoms with van der Waals surface area (Å²) >= 11 is 0. The van der Waals surface area contributed by atoms with E-state index >= 15 is 0 Å². The molecule has 2 aromatic heterocycles. The Hall–Kier alpha value is -3.23. The second-order valence-corrected chi connectivity index (χ2v) is 8.61. The number of aromatic nitrogens is 2. The predicted octanol–water partition coefficient (Wildman–Crippen LogP) is 1.70. The molecule has 0 unspecified atom stereocenters. The molecule has 1 saturated heterocycles. The lowest BCUT2D eigenvalue weighted by atomic mass is 9.90. The zero-order valence-corrected chi connectivity index (χ0v) is 18.2. The van der Waals surface area contributed by atoms with Crippen molar-refractivity contribution in [1.82, 2.24) is 14.9 Å². The minimum absolute atomic E-state index is 0.176. The van der Waals surface area contributed by atoms with E-state index in [4.69, 9.17) is 5.73 Å². The van der Waals surface area contributed by atoms with Crippen molar-refractivity contribution in [3.8, 4) is 5.75 Å². The molecule has 0 aliphatic carbocycles. The van der Waals surface area contributed by atoms with Crippen molar-refractivity contribution in [1.29, 1.82) is 0 Å². The quantitative estimate of drug-likeness (QED) is 0.540. The lowest BCUT2D eigenvalue weighted by molar-refractivity contribution is -0.135. The number of aromatic hydroxyl groups is 1. The maximum absolute atomic E-state index is 12.8. The molecule has 1 amide bonds. The molecule has 1 aliphatic heterocycles. The maximum Gasteiger partial charge on any atom is 0.239 e. The normalized spacial score (nSPS) is 16.7. The molecule has 32 heavy (non-hydrogen) atoms. The largest absolute Gasteiger partial charge is 0.508 e. The van der Waals surface area contributed by atoms with E-state index < -0.39 is 11.6 Å². The van der Waals surface area contributed by atoms with Gasteiger partial charge >= 0.3 is 0 Å². The summed E-state index contributed by atoms with van der Waals surface area (Å²) in [6, 6.07) is 9.83. The number of carbonyl (C=O) groups excluding carboxylic acids is 1. The Morgan fingerprint density at radius 2 is 1.91 bits per heavy atom. The third-order valence-electron chi connectivity index (χ3n) is 6.17. The Labute approximate surface area is 187 Å². The van der Waals surface area contributed by atoms with Gasteiger partial charge in [0.15, 0.2) is 0 Å². The minimum atomic E-state index is -0.958. The van der Waals surface area contributed by atoms with E-state index in [1.807, 2.05) is 18.3 Å². The van der Waals surface area contributed by atoms with Crippen molar-refractivity contribution in [3.63, 3.8) is 0 Å². The predicted molar refractivity (Wildman–Crippen MR) is 123 cm³/mol. The average molecular weight is 436 g/mol. The second kappa shape index (κ2) is 9.10. The second-order valence-electron chi connectivity index (χ2n) is 8.61. The van der Waals surface area contributed by atoms with Gasteiger partial charge in [0.2, 0.25) is 5.91 Å². The summed E-state index contributed by atoms with van der Waals surface area (Å²) < 4.78 is 0. The Bertz CT molecular complexity index is 1080. The molecule has 0 saturated carbocycles. The van der Waals surface area contributed by atoms with Crippen molar-refractivity contribution in [2.75, 3.05) is 31.6 Å². The number of fused-ring (bicyclic) bond motifs is 1. The van der Waals surface area contributed by atoms with Crippen LogP contribution in [0.25, 0.3) is 10.9 Å². The number of carbonyl (C=O) groups is 1. The number of likely N-dealkylation sites (N-methyl/N-ethyl adjacent to an activating group) is 1. The van der Waals surface area contributed by atoms with Crippen LogP contribution < -0.4 is 10.6 Å². The van der Waals surface area contributed by atoms with Crippen LogP contribution in [0.4, 0.5) is 5.69 Å². The summed E-state index contributed by atoms with van der Waals surface area (Å²) in [6.45, 7) is 1.58. The zero-order chi connectivity index (χ0) is 22.7. The number of hydrogen-bond donors (Lipinski definition) is 3. The van der Waals surface area contributed by atoms with Crippen LogP contribution in [0.5, 0.6) is 5.75 Å². The van der Waals surface area contributed by atoms with E-state index in [-0.39, 0.29) is 18.2 Å². The summed E-state index contributed by atoms with van der Waals surface area (Å²) in [5, 5.41) is 21.5. The van der Waals surface area contributed by atoms with Crippen LogP contribution >= 0.6 is 0 Å². The van der Waals surface area contributed by atoms with Crippen LogP contribution in [0.2, 0.25) is 0 Å². The highest BCUT2D eigenvalue weighted by atomic mass is 16.3. The first-order valence-corrected chi connectivity index (χ1v) is 10.8. The summed E-state index contributed by atoms with van der Waals surface area (Å²) in [6.07, 6.45) is 6.80.